The molecule has 0 bridgehead atoms. The van der Waals surface area contributed by atoms with Gasteiger partial charge in [-0.05, 0) is 60.7 Å². The number of nitrogens with zero attached hydrogens (tertiary/aromatic N) is 5. The topological polar surface area (TPSA) is 54.3 Å². The van der Waals surface area contributed by atoms with Crippen molar-refractivity contribution < 1.29 is 0 Å². The molecule has 5 rings (SSSR count). The Hall–Kier alpha value is -2.44. The van der Waals surface area contributed by atoms with Crippen LogP contribution in [0.5, 0.6) is 0 Å². The molecule has 3 aromatic rings. The van der Waals surface area contributed by atoms with Crippen LogP contribution in [0.2, 0.25) is 0 Å². The van der Waals surface area contributed by atoms with Gasteiger partial charge in [0.2, 0.25) is 0 Å². The van der Waals surface area contributed by atoms with E-state index in [4.69, 9.17) is 9.97 Å². The number of aliphatic imine (C=N–C) groups is 1. The number of thiazole rings is 1. The third-order valence-corrected chi connectivity index (χ3v) is 6.93. The first-order chi connectivity index (χ1) is 14.4. The minimum absolute atomic E-state index is 0.432. The minimum Gasteiger partial charge on any atom is -0.299 e. The van der Waals surface area contributed by atoms with Gasteiger partial charge >= 0.3 is 0 Å². The predicted molar refractivity (Wildman–Crippen MR) is 124 cm³/mol. The van der Waals surface area contributed by atoms with Crippen molar-refractivity contribution in [2.75, 3.05) is 19.6 Å². The Bertz CT molecular complexity index is 1160. The van der Waals surface area contributed by atoms with E-state index in [9.17, 15) is 0 Å². The van der Waals surface area contributed by atoms with Gasteiger partial charge in [0, 0.05) is 43.2 Å². The molecule has 1 saturated heterocycles. The quantitative estimate of drug-likeness (QED) is 0.600. The number of pyridine rings is 2. The zero-order valence-corrected chi connectivity index (χ0v) is 18.7. The van der Waals surface area contributed by atoms with Gasteiger partial charge in [0.15, 0.2) is 0 Å². The van der Waals surface area contributed by atoms with Crippen molar-refractivity contribution in [1.82, 2.24) is 19.9 Å². The second-order valence-corrected chi connectivity index (χ2v) is 10.3. The van der Waals surface area contributed by atoms with E-state index in [-0.39, 0.29) is 0 Å². The molecule has 154 valence electrons. The maximum atomic E-state index is 4.85. The summed E-state index contributed by atoms with van der Waals surface area (Å²) in [4.78, 5) is 22.1. The first-order valence-corrected chi connectivity index (χ1v) is 11.4. The Morgan fingerprint density at radius 1 is 1.17 bits per heavy atom. The lowest BCUT2D eigenvalue weighted by Crippen LogP contribution is -2.22. The predicted octanol–water partition coefficient (Wildman–Crippen LogP) is 4.77. The molecule has 0 amide bonds. The maximum absolute atomic E-state index is 4.85. The van der Waals surface area contributed by atoms with Gasteiger partial charge < -0.3 is 0 Å². The van der Waals surface area contributed by atoms with Crippen LogP contribution in [0.4, 0.5) is 0 Å². The third kappa shape index (κ3) is 4.07. The van der Waals surface area contributed by atoms with Crippen LogP contribution in [0.3, 0.4) is 0 Å². The van der Waals surface area contributed by atoms with Gasteiger partial charge in [0.05, 0.1) is 12.2 Å². The normalized spacial score (nSPS) is 18.8. The molecule has 0 aliphatic carbocycles. The number of rotatable bonds is 5. The Morgan fingerprint density at radius 2 is 2.07 bits per heavy atom. The molecule has 0 atom stereocenters. The minimum atomic E-state index is 0.432. The maximum Gasteiger partial charge on any atom is 0.144 e. The van der Waals surface area contributed by atoms with Gasteiger partial charge in [-0.25, -0.2) is 9.97 Å². The summed E-state index contributed by atoms with van der Waals surface area (Å²) < 4.78 is 0. The first-order valence-electron chi connectivity index (χ1n) is 10.6. The molecule has 5 nitrogen and oxygen atoms in total. The molecule has 2 aliphatic heterocycles. The van der Waals surface area contributed by atoms with E-state index in [2.05, 4.69) is 59.9 Å². The smallest absolute Gasteiger partial charge is 0.144 e. The molecular formula is C24H27N5S. The van der Waals surface area contributed by atoms with E-state index in [0.29, 0.717) is 5.41 Å². The number of fused-ring (bicyclic) bond motifs is 1. The Labute approximate surface area is 181 Å². The van der Waals surface area contributed by atoms with Gasteiger partial charge in [-0.2, -0.15) is 0 Å². The molecule has 0 saturated carbocycles. The molecular weight excluding hydrogens is 390 g/mol. The van der Waals surface area contributed by atoms with Crippen molar-refractivity contribution in [3.8, 4) is 0 Å². The summed E-state index contributed by atoms with van der Waals surface area (Å²) in [6, 6.07) is 8.50. The summed E-state index contributed by atoms with van der Waals surface area (Å²) in [7, 11) is 0. The summed E-state index contributed by atoms with van der Waals surface area (Å²) in [5.74, 6) is 0. The zero-order valence-electron chi connectivity index (χ0n) is 17.9. The molecule has 30 heavy (non-hydrogen) atoms. The molecule has 0 radical (unpaired) electrons. The summed E-state index contributed by atoms with van der Waals surface area (Å²) >= 11 is 1.67. The molecule has 6 heteroatoms. The molecule has 5 heterocycles. The largest absolute Gasteiger partial charge is 0.299 e. The lowest BCUT2D eigenvalue weighted by Gasteiger charge is -2.19. The van der Waals surface area contributed by atoms with Crippen molar-refractivity contribution in [1.29, 1.82) is 0 Å². The number of hydrogen-bond donors (Lipinski definition) is 0. The number of allylic oxidation sites excluding steroid dienone is 1. The fraction of sp³-hybridized carbons (Fsp3) is 0.417. The average Bonchev–Trinajstić information content (AvgIpc) is 3.39. The summed E-state index contributed by atoms with van der Waals surface area (Å²) in [5, 5.41) is 1.06. The van der Waals surface area contributed by atoms with Crippen molar-refractivity contribution in [2.45, 2.75) is 40.2 Å². The van der Waals surface area contributed by atoms with Crippen LogP contribution in [-0.2, 0) is 13.0 Å². The average molecular weight is 418 g/mol. The van der Waals surface area contributed by atoms with Gasteiger partial charge in [-0.15, -0.1) is 0 Å². The van der Waals surface area contributed by atoms with Crippen molar-refractivity contribution in [2.24, 2.45) is 10.4 Å². The highest BCUT2D eigenvalue weighted by Crippen LogP contribution is 2.30. The lowest BCUT2D eigenvalue weighted by atomic mass is 9.93. The van der Waals surface area contributed by atoms with Crippen LogP contribution in [0.1, 0.15) is 49.2 Å². The van der Waals surface area contributed by atoms with Crippen LogP contribution >= 0.6 is 11.3 Å². The van der Waals surface area contributed by atoms with E-state index >= 15 is 0 Å². The fourth-order valence-electron chi connectivity index (χ4n) is 4.34. The molecule has 0 unspecified atom stereocenters. The SMILES string of the molecule is CC1=C(c2ccc3nc(Cc4cc(CN5CCC(C)(C)C5)ccn4)sc3n2)C=NC1. The van der Waals surface area contributed by atoms with Crippen LogP contribution in [0, 0.1) is 5.41 Å². The number of likely N-dealkylation sites (tertiary alicyclic amines) is 1. The number of hydrogen-bond acceptors (Lipinski definition) is 6. The first kappa shape index (κ1) is 19.5. The Balaban J connectivity index is 1.33. The second kappa shape index (κ2) is 7.67. The fourth-order valence-corrected chi connectivity index (χ4v) is 5.29. The van der Waals surface area contributed by atoms with E-state index < -0.39 is 0 Å². The van der Waals surface area contributed by atoms with Crippen LogP contribution in [-0.4, -0.2) is 45.7 Å². The molecule has 0 N–H and O–H groups in total. The summed E-state index contributed by atoms with van der Waals surface area (Å²) in [5.41, 5.74) is 7.21. The third-order valence-electron chi connectivity index (χ3n) is 5.96. The van der Waals surface area contributed by atoms with Crippen LogP contribution in [0.15, 0.2) is 41.0 Å². The highest BCUT2D eigenvalue weighted by molar-refractivity contribution is 7.18. The zero-order chi connectivity index (χ0) is 20.7. The van der Waals surface area contributed by atoms with Gasteiger partial charge in [0.25, 0.3) is 0 Å². The Kier molecular flexibility index (Phi) is 4.99. The molecule has 1 fully saturated rings. The summed E-state index contributed by atoms with van der Waals surface area (Å²) in [6.45, 7) is 11.0. The Morgan fingerprint density at radius 3 is 2.83 bits per heavy atom. The van der Waals surface area contributed by atoms with Gasteiger partial charge in [0.1, 0.15) is 15.4 Å². The van der Waals surface area contributed by atoms with E-state index in [0.717, 1.165) is 58.4 Å². The second-order valence-electron chi connectivity index (χ2n) is 9.25. The molecule has 0 aromatic carbocycles. The van der Waals surface area contributed by atoms with Crippen molar-refractivity contribution in [3.63, 3.8) is 0 Å². The number of aromatic nitrogens is 3. The van der Waals surface area contributed by atoms with Crippen LogP contribution in [0.25, 0.3) is 15.9 Å². The lowest BCUT2D eigenvalue weighted by molar-refractivity contribution is 0.284. The van der Waals surface area contributed by atoms with Gasteiger partial charge in [-0.1, -0.05) is 25.2 Å². The highest BCUT2D eigenvalue weighted by atomic mass is 32.1. The van der Waals surface area contributed by atoms with Crippen LogP contribution < -0.4 is 0 Å². The molecule has 0 spiro atoms. The summed E-state index contributed by atoms with van der Waals surface area (Å²) in [6.07, 6.45) is 5.89. The van der Waals surface area contributed by atoms with Gasteiger partial charge in [-0.3, -0.25) is 14.9 Å². The highest BCUT2D eigenvalue weighted by Gasteiger charge is 2.28. The molecule has 2 aliphatic rings. The van der Waals surface area contributed by atoms with E-state index in [1.165, 1.54) is 24.1 Å². The standard InChI is InChI=1S/C24H27N5S/c1-16-12-25-13-19(16)20-4-5-21-23(28-20)30-22(27-21)11-18-10-17(6-8-26-18)14-29-9-7-24(2,3)15-29/h4-6,8,10,13H,7,9,11-12,14-15H2,1-3H3. The van der Waals surface area contributed by atoms with E-state index in [1.54, 1.807) is 11.3 Å². The van der Waals surface area contributed by atoms with E-state index in [1.807, 2.05) is 12.4 Å². The van der Waals surface area contributed by atoms with Crippen molar-refractivity contribution in [3.05, 3.63) is 58.0 Å². The van der Waals surface area contributed by atoms with Crippen molar-refractivity contribution >= 4 is 33.5 Å². The monoisotopic (exact) mass is 417 g/mol. The molecule has 3 aromatic heterocycles.